The molecule has 2 heterocycles. The highest BCUT2D eigenvalue weighted by Gasteiger charge is 2.17. The first kappa shape index (κ1) is 21.6. The summed E-state index contributed by atoms with van der Waals surface area (Å²) in [6.07, 6.45) is 0.510. The van der Waals surface area contributed by atoms with Crippen molar-refractivity contribution >= 4 is 33.1 Å². The highest BCUT2D eigenvalue weighted by atomic mass is 32.1. The van der Waals surface area contributed by atoms with Crippen LogP contribution >= 0.6 is 11.3 Å². The highest BCUT2D eigenvalue weighted by molar-refractivity contribution is 7.17. The van der Waals surface area contributed by atoms with Crippen LogP contribution in [0.3, 0.4) is 0 Å². The zero-order valence-corrected chi connectivity index (χ0v) is 17.8. The number of anilines is 1. The van der Waals surface area contributed by atoms with Gasteiger partial charge in [-0.05, 0) is 30.0 Å². The molecule has 9 nitrogen and oxygen atoms in total. The molecule has 0 atom stereocenters. The van der Waals surface area contributed by atoms with Crippen molar-refractivity contribution in [2.45, 2.75) is 19.5 Å². The molecule has 10 heteroatoms. The normalized spacial score (nSPS) is 10.9. The van der Waals surface area contributed by atoms with Crippen molar-refractivity contribution in [2.75, 3.05) is 33.3 Å². The molecule has 0 unspecified atom stereocenters. The van der Waals surface area contributed by atoms with Gasteiger partial charge >= 0.3 is 5.69 Å². The molecule has 2 aromatic heterocycles. The number of hydrogen-bond donors (Lipinski definition) is 1. The molecule has 0 radical (unpaired) electrons. The van der Waals surface area contributed by atoms with Crippen molar-refractivity contribution in [3.63, 3.8) is 0 Å². The Morgan fingerprint density at radius 1 is 1.10 bits per heavy atom. The molecule has 30 heavy (non-hydrogen) atoms. The smallest absolute Gasteiger partial charge is 0.332 e. The van der Waals surface area contributed by atoms with Crippen molar-refractivity contribution in [3.8, 4) is 11.5 Å². The molecule has 160 valence electrons. The lowest BCUT2D eigenvalue weighted by molar-refractivity contribution is -0.116. The predicted molar refractivity (Wildman–Crippen MR) is 115 cm³/mol. The van der Waals surface area contributed by atoms with E-state index < -0.39 is 11.6 Å². The average Bonchev–Trinajstić information content (AvgIpc) is 3.23. The maximum Gasteiger partial charge on any atom is 0.332 e. The fourth-order valence-corrected chi connectivity index (χ4v) is 3.94. The summed E-state index contributed by atoms with van der Waals surface area (Å²) in [4.78, 5) is 38.4. The highest BCUT2D eigenvalue weighted by Crippen LogP contribution is 2.28. The quantitative estimate of drug-likeness (QED) is 0.518. The first-order valence-electron chi connectivity index (χ1n) is 9.21. The number of methoxy groups -OCH3 is 3. The largest absolute Gasteiger partial charge is 0.497 e. The standard InChI is InChI=1S/C20H23N3O6S/c1-27-9-4-8-22-19(25)18-15(7-10-30-18)23(20(22)26)12-17(24)21-14-11-13(28-2)5-6-16(14)29-3/h5-7,10-11H,4,8-9,12H2,1-3H3,(H,21,24). The molecule has 0 aliphatic heterocycles. The molecule has 0 bridgehead atoms. The molecule has 0 fully saturated rings. The second-order valence-electron chi connectivity index (χ2n) is 6.42. The topological polar surface area (TPSA) is 101 Å². The number of rotatable bonds is 9. The summed E-state index contributed by atoms with van der Waals surface area (Å²) in [6, 6.07) is 6.69. The first-order valence-corrected chi connectivity index (χ1v) is 10.1. The van der Waals surface area contributed by atoms with Crippen molar-refractivity contribution in [1.82, 2.24) is 9.13 Å². The number of carbonyl (C=O) groups excluding carboxylic acids is 1. The van der Waals surface area contributed by atoms with E-state index >= 15 is 0 Å². The molecule has 1 amide bonds. The Labute approximate surface area is 176 Å². The van der Waals surface area contributed by atoms with Gasteiger partial charge in [0.1, 0.15) is 22.7 Å². The molecule has 3 rings (SSSR count). The molecule has 1 aromatic carbocycles. The number of thiophene rings is 1. The van der Waals surface area contributed by atoms with E-state index in [9.17, 15) is 14.4 Å². The van der Waals surface area contributed by atoms with Crippen LogP contribution in [0.4, 0.5) is 5.69 Å². The summed E-state index contributed by atoms with van der Waals surface area (Å²) < 4.78 is 18.4. The Balaban J connectivity index is 1.94. The van der Waals surface area contributed by atoms with Gasteiger partial charge in [-0.3, -0.25) is 18.7 Å². The van der Waals surface area contributed by atoms with E-state index in [4.69, 9.17) is 14.2 Å². The fourth-order valence-electron chi connectivity index (χ4n) is 3.10. The minimum absolute atomic E-state index is 0.213. The number of fused-ring (bicyclic) bond motifs is 1. The van der Waals surface area contributed by atoms with Gasteiger partial charge in [0.25, 0.3) is 5.56 Å². The van der Waals surface area contributed by atoms with E-state index in [1.54, 1.807) is 36.8 Å². The average molecular weight is 433 g/mol. The summed E-state index contributed by atoms with van der Waals surface area (Å²) in [6.45, 7) is 0.381. The van der Waals surface area contributed by atoms with Crippen LogP contribution in [0.1, 0.15) is 6.42 Å². The fraction of sp³-hybridized carbons (Fsp3) is 0.350. The van der Waals surface area contributed by atoms with Crippen LogP contribution in [-0.4, -0.2) is 43.0 Å². The van der Waals surface area contributed by atoms with Gasteiger partial charge in [0.05, 0.1) is 25.4 Å². The second kappa shape index (κ2) is 9.59. The zero-order chi connectivity index (χ0) is 21.7. The molecular formula is C20H23N3O6S. The third-order valence-electron chi connectivity index (χ3n) is 4.55. The van der Waals surface area contributed by atoms with Gasteiger partial charge in [-0.15, -0.1) is 11.3 Å². The molecule has 0 saturated carbocycles. The lowest BCUT2D eigenvalue weighted by atomic mass is 10.2. The Bertz CT molecular complexity index is 1160. The molecule has 1 N–H and O–H groups in total. The minimum Gasteiger partial charge on any atom is -0.497 e. The number of amides is 1. The van der Waals surface area contributed by atoms with Gasteiger partial charge in [0.15, 0.2) is 0 Å². The maximum absolute atomic E-state index is 13.0. The minimum atomic E-state index is -0.533. The van der Waals surface area contributed by atoms with Gasteiger partial charge in [0.2, 0.25) is 5.91 Å². The molecule has 0 aliphatic carbocycles. The summed E-state index contributed by atoms with van der Waals surface area (Å²) in [5.41, 5.74) is -0.0300. The van der Waals surface area contributed by atoms with Gasteiger partial charge in [-0.2, -0.15) is 0 Å². The van der Waals surface area contributed by atoms with Crippen LogP contribution in [-0.2, 0) is 22.6 Å². The van der Waals surface area contributed by atoms with Crippen molar-refractivity contribution < 1.29 is 19.0 Å². The molecule has 0 aliphatic rings. The van der Waals surface area contributed by atoms with E-state index in [1.807, 2.05) is 0 Å². The summed E-state index contributed by atoms with van der Waals surface area (Å²) >= 11 is 1.24. The van der Waals surface area contributed by atoms with Crippen LogP contribution in [0, 0.1) is 0 Å². The molecule has 0 spiro atoms. The van der Waals surface area contributed by atoms with Crippen LogP contribution in [0.2, 0.25) is 0 Å². The van der Waals surface area contributed by atoms with E-state index in [0.717, 1.165) is 4.57 Å². The lowest BCUT2D eigenvalue weighted by Crippen LogP contribution is -2.41. The van der Waals surface area contributed by atoms with E-state index in [2.05, 4.69) is 5.32 Å². The molecular weight excluding hydrogens is 410 g/mol. The van der Waals surface area contributed by atoms with E-state index in [1.165, 1.54) is 30.1 Å². The number of nitrogens with one attached hydrogen (secondary N) is 1. The number of hydrogen-bond acceptors (Lipinski definition) is 7. The Morgan fingerprint density at radius 3 is 2.60 bits per heavy atom. The van der Waals surface area contributed by atoms with Crippen LogP contribution in [0.5, 0.6) is 11.5 Å². The summed E-state index contributed by atoms with van der Waals surface area (Å²) in [5.74, 6) is 0.579. The van der Waals surface area contributed by atoms with Crippen molar-refractivity contribution in [2.24, 2.45) is 0 Å². The number of nitrogens with zero attached hydrogens (tertiary/aromatic N) is 2. The summed E-state index contributed by atoms with van der Waals surface area (Å²) in [7, 11) is 4.57. The second-order valence-corrected chi connectivity index (χ2v) is 7.34. The zero-order valence-electron chi connectivity index (χ0n) is 17.0. The maximum atomic E-state index is 13.0. The third kappa shape index (κ3) is 4.39. The Kier molecular flexibility index (Phi) is 6.91. The lowest BCUT2D eigenvalue weighted by Gasteiger charge is -2.14. The van der Waals surface area contributed by atoms with Gasteiger partial charge in [-0.25, -0.2) is 4.79 Å². The van der Waals surface area contributed by atoms with Crippen molar-refractivity contribution in [3.05, 3.63) is 50.5 Å². The molecule has 3 aromatic rings. The molecule has 0 saturated heterocycles. The monoisotopic (exact) mass is 433 g/mol. The predicted octanol–water partition coefficient (Wildman–Crippen LogP) is 1.92. The number of carbonyl (C=O) groups is 1. The van der Waals surface area contributed by atoms with Gasteiger partial charge in [-0.1, -0.05) is 0 Å². The Morgan fingerprint density at radius 2 is 1.90 bits per heavy atom. The first-order chi connectivity index (χ1) is 14.5. The van der Waals surface area contributed by atoms with Crippen LogP contribution < -0.4 is 26.0 Å². The van der Waals surface area contributed by atoms with Crippen LogP contribution in [0.25, 0.3) is 10.2 Å². The number of aromatic nitrogens is 2. The SMILES string of the molecule is COCCCn1c(=O)c2sccc2n(CC(=O)Nc2cc(OC)ccc2OC)c1=O. The van der Waals surface area contributed by atoms with Crippen LogP contribution in [0.15, 0.2) is 39.2 Å². The van der Waals surface area contributed by atoms with Crippen molar-refractivity contribution in [1.29, 1.82) is 0 Å². The van der Waals surface area contributed by atoms with Gasteiger partial charge < -0.3 is 19.5 Å². The summed E-state index contributed by atoms with van der Waals surface area (Å²) in [5, 5.41) is 4.47. The van der Waals surface area contributed by atoms with E-state index in [-0.39, 0.29) is 18.6 Å². The van der Waals surface area contributed by atoms with E-state index in [0.29, 0.717) is 40.4 Å². The third-order valence-corrected chi connectivity index (χ3v) is 5.44. The Hall–Kier alpha value is -3.11. The number of benzene rings is 1. The van der Waals surface area contributed by atoms with Gasteiger partial charge in [0, 0.05) is 26.3 Å². The number of ether oxygens (including phenoxy) is 3.